The number of aromatic amines is 1. The molecule has 0 atom stereocenters. The van der Waals surface area contributed by atoms with Crippen molar-refractivity contribution >= 4 is 56.5 Å². The maximum absolute atomic E-state index is 13.4. The average molecular weight is 603 g/mol. The van der Waals surface area contributed by atoms with Gasteiger partial charge < -0.3 is 14.5 Å². The molecule has 0 spiro atoms. The Balaban J connectivity index is 1.45. The van der Waals surface area contributed by atoms with Crippen LogP contribution in [0.15, 0.2) is 101 Å². The lowest BCUT2D eigenvalue weighted by atomic mass is 10.0. The zero-order chi connectivity index (χ0) is 27.4. The largest absolute Gasteiger partial charge is 0.497 e. The minimum absolute atomic E-state index is 0.286. The van der Waals surface area contributed by atoms with Crippen molar-refractivity contribution in [1.29, 1.82) is 0 Å². The number of fused-ring (bicyclic) bond motifs is 1. The van der Waals surface area contributed by atoms with E-state index >= 15 is 0 Å². The number of H-pyrrole nitrogens is 1. The standard InChI is InChI=1S/C30H21BrClN3O4/c1-38-21-12-13-25-23(16-21)27(22-9-5-6-10-24(22)32)28(34-25)29(36)35-33-17-19-15-20(31)11-14-26(19)39-30(37)18-7-3-2-4-8-18/h2-17,34H,1H3,(H,35,36). The second-order valence-corrected chi connectivity index (χ2v) is 9.73. The van der Waals surface area contributed by atoms with Crippen LogP contribution < -0.4 is 14.9 Å². The van der Waals surface area contributed by atoms with Gasteiger partial charge in [-0.15, -0.1) is 0 Å². The van der Waals surface area contributed by atoms with Crippen molar-refractivity contribution < 1.29 is 19.1 Å². The van der Waals surface area contributed by atoms with Crippen molar-refractivity contribution in [3.8, 4) is 22.6 Å². The molecule has 0 bridgehead atoms. The molecule has 2 N–H and O–H groups in total. The Hall–Kier alpha value is -4.40. The molecular formula is C30H21BrClN3O4. The van der Waals surface area contributed by atoms with E-state index in [-0.39, 0.29) is 5.69 Å². The number of hydrazone groups is 1. The molecule has 0 aliphatic carbocycles. The summed E-state index contributed by atoms with van der Waals surface area (Å²) in [6, 6.07) is 26.6. The van der Waals surface area contributed by atoms with Crippen molar-refractivity contribution in [3.05, 3.63) is 117 Å². The van der Waals surface area contributed by atoms with Gasteiger partial charge in [0.05, 0.1) is 18.9 Å². The first-order valence-corrected chi connectivity index (χ1v) is 13.0. The first-order valence-electron chi connectivity index (χ1n) is 11.8. The molecule has 0 aliphatic rings. The molecule has 0 radical (unpaired) electrons. The topological polar surface area (TPSA) is 92.8 Å². The second-order valence-electron chi connectivity index (χ2n) is 8.40. The lowest BCUT2D eigenvalue weighted by Gasteiger charge is -2.08. The number of carbonyl (C=O) groups excluding carboxylic acids is 2. The highest BCUT2D eigenvalue weighted by molar-refractivity contribution is 9.10. The van der Waals surface area contributed by atoms with Gasteiger partial charge in [0.1, 0.15) is 17.2 Å². The third-order valence-electron chi connectivity index (χ3n) is 5.93. The highest BCUT2D eigenvalue weighted by atomic mass is 79.9. The summed E-state index contributed by atoms with van der Waals surface area (Å²) in [5.41, 5.74) is 5.81. The van der Waals surface area contributed by atoms with Crippen molar-refractivity contribution in [3.63, 3.8) is 0 Å². The van der Waals surface area contributed by atoms with Gasteiger partial charge in [-0.3, -0.25) is 4.79 Å². The number of aromatic nitrogens is 1. The minimum atomic E-state index is -0.505. The molecule has 5 aromatic rings. The normalized spacial score (nSPS) is 11.1. The molecule has 0 saturated heterocycles. The number of amides is 1. The molecule has 7 nitrogen and oxygen atoms in total. The quantitative estimate of drug-likeness (QED) is 0.0889. The zero-order valence-corrected chi connectivity index (χ0v) is 22.9. The molecule has 1 amide bonds. The Labute approximate surface area is 237 Å². The first kappa shape index (κ1) is 26.2. The Morgan fingerprint density at radius 1 is 0.974 bits per heavy atom. The van der Waals surface area contributed by atoms with Gasteiger partial charge in [-0.05, 0) is 54.6 Å². The van der Waals surface area contributed by atoms with Crippen LogP contribution in [0.3, 0.4) is 0 Å². The molecule has 194 valence electrons. The van der Waals surface area contributed by atoms with Gasteiger partial charge in [0, 0.05) is 37.1 Å². The van der Waals surface area contributed by atoms with E-state index in [1.807, 2.05) is 36.4 Å². The SMILES string of the molecule is COc1ccc2[nH]c(C(=O)NN=Cc3cc(Br)ccc3OC(=O)c3ccccc3)c(-c3ccccc3Cl)c2c1. The summed E-state index contributed by atoms with van der Waals surface area (Å²) >= 11 is 9.94. The minimum Gasteiger partial charge on any atom is -0.497 e. The van der Waals surface area contributed by atoms with E-state index in [1.54, 1.807) is 61.7 Å². The van der Waals surface area contributed by atoms with Crippen LogP contribution in [0.5, 0.6) is 11.5 Å². The number of benzene rings is 4. The van der Waals surface area contributed by atoms with Gasteiger partial charge >= 0.3 is 5.97 Å². The molecule has 1 heterocycles. The van der Waals surface area contributed by atoms with Crippen molar-refractivity contribution in [2.75, 3.05) is 7.11 Å². The monoisotopic (exact) mass is 601 g/mol. The van der Waals surface area contributed by atoms with Crippen LogP contribution in [0.4, 0.5) is 0 Å². The van der Waals surface area contributed by atoms with E-state index in [1.165, 1.54) is 6.21 Å². The second kappa shape index (κ2) is 11.6. The molecule has 4 aromatic carbocycles. The Morgan fingerprint density at radius 2 is 1.74 bits per heavy atom. The van der Waals surface area contributed by atoms with Crippen molar-refractivity contribution in [2.45, 2.75) is 0 Å². The average Bonchev–Trinajstić information content (AvgIpc) is 3.33. The van der Waals surface area contributed by atoms with Crippen LogP contribution in [0.2, 0.25) is 5.02 Å². The smallest absolute Gasteiger partial charge is 0.343 e. The molecule has 0 unspecified atom stereocenters. The number of hydrogen-bond acceptors (Lipinski definition) is 5. The van der Waals surface area contributed by atoms with Gasteiger partial charge in [-0.1, -0.05) is 63.9 Å². The molecule has 9 heteroatoms. The Morgan fingerprint density at radius 3 is 2.51 bits per heavy atom. The number of rotatable bonds is 7. The predicted octanol–water partition coefficient (Wildman–Crippen LogP) is 7.24. The van der Waals surface area contributed by atoms with E-state index in [4.69, 9.17) is 21.1 Å². The molecule has 1 aromatic heterocycles. The van der Waals surface area contributed by atoms with E-state index in [0.29, 0.717) is 38.8 Å². The van der Waals surface area contributed by atoms with E-state index < -0.39 is 11.9 Å². The number of hydrogen-bond donors (Lipinski definition) is 2. The van der Waals surface area contributed by atoms with Crippen molar-refractivity contribution in [1.82, 2.24) is 10.4 Å². The molecule has 39 heavy (non-hydrogen) atoms. The van der Waals surface area contributed by atoms with Crippen molar-refractivity contribution in [2.24, 2.45) is 5.10 Å². The number of carbonyl (C=O) groups is 2. The molecule has 5 rings (SSSR count). The summed E-state index contributed by atoms with van der Waals surface area (Å²) in [6.07, 6.45) is 1.41. The molecular weight excluding hydrogens is 582 g/mol. The number of methoxy groups -OCH3 is 1. The van der Waals surface area contributed by atoms with Gasteiger partial charge in [-0.25, -0.2) is 10.2 Å². The summed E-state index contributed by atoms with van der Waals surface area (Å²) in [6.45, 7) is 0. The first-order chi connectivity index (χ1) is 18.9. The van der Waals surface area contributed by atoms with Crippen LogP contribution in [0, 0.1) is 0 Å². The lowest BCUT2D eigenvalue weighted by molar-refractivity contribution is 0.0734. The van der Waals surface area contributed by atoms with Gasteiger partial charge in [-0.2, -0.15) is 5.10 Å². The number of nitrogens with zero attached hydrogens (tertiary/aromatic N) is 1. The number of ether oxygens (including phenoxy) is 2. The fourth-order valence-electron chi connectivity index (χ4n) is 4.07. The number of nitrogens with one attached hydrogen (secondary N) is 2. The highest BCUT2D eigenvalue weighted by Crippen LogP contribution is 2.38. The van der Waals surface area contributed by atoms with Gasteiger partial charge in [0.15, 0.2) is 0 Å². The van der Waals surface area contributed by atoms with Crippen LogP contribution in [0.25, 0.3) is 22.0 Å². The van der Waals surface area contributed by atoms with Crippen LogP contribution in [-0.4, -0.2) is 30.2 Å². The Kier molecular flexibility index (Phi) is 7.76. The Bertz CT molecular complexity index is 1720. The fraction of sp³-hybridized carbons (Fsp3) is 0.0333. The van der Waals surface area contributed by atoms with Gasteiger partial charge in [0.25, 0.3) is 5.91 Å². The summed E-state index contributed by atoms with van der Waals surface area (Å²) in [7, 11) is 1.58. The predicted molar refractivity (Wildman–Crippen MR) is 156 cm³/mol. The summed E-state index contributed by atoms with van der Waals surface area (Å²) in [4.78, 5) is 29.1. The summed E-state index contributed by atoms with van der Waals surface area (Å²) in [5, 5.41) is 5.42. The third-order valence-corrected chi connectivity index (χ3v) is 6.75. The highest BCUT2D eigenvalue weighted by Gasteiger charge is 2.21. The molecule has 0 saturated carbocycles. The molecule has 0 fully saturated rings. The van der Waals surface area contributed by atoms with E-state index in [9.17, 15) is 9.59 Å². The van der Waals surface area contributed by atoms with E-state index in [2.05, 4.69) is 31.4 Å². The summed E-state index contributed by atoms with van der Waals surface area (Å²) < 4.78 is 11.7. The van der Waals surface area contributed by atoms with Crippen LogP contribution >= 0.6 is 27.5 Å². The van der Waals surface area contributed by atoms with Gasteiger partial charge in [0.2, 0.25) is 0 Å². The third kappa shape index (κ3) is 5.72. The summed E-state index contributed by atoms with van der Waals surface area (Å²) in [5.74, 6) is -0.0461. The zero-order valence-electron chi connectivity index (χ0n) is 20.6. The fourth-order valence-corrected chi connectivity index (χ4v) is 4.68. The maximum atomic E-state index is 13.4. The number of esters is 1. The lowest BCUT2D eigenvalue weighted by Crippen LogP contribution is -2.19. The van der Waals surface area contributed by atoms with E-state index in [0.717, 1.165) is 15.4 Å². The maximum Gasteiger partial charge on any atom is 0.343 e. The van der Waals surface area contributed by atoms with Crippen LogP contribution in [0.1, 0.15) is 26.4 Å². The number of halogens is 2. The van der Waals surface area contributed by atoms with Crippen LogP contribution in [-0.2, 0) is 0 Å². The molecule has 0 aliphatic heterocycles.